The molecule has 9 nitrogen and oxygen atoms in total. The van der Waals surface area contributed by atoms with E-state index < -0.39 is 54.2 Å². The molecule has 3 aliphatic heterocycles. The van der Waals surface area contributed by atoms with Crippen molar-refractivity contribution in [3.8, 4) is 0 Å². The van der Waals surface area contributed by atoms with Crippen molar-refractivity contribution in [1.29, 1.82) is 0 Å². The van der Waals surface area contributed by atoms with Gasteiger partial charge in [-0.3, -0.25) is 4.79 Å². The van der Waals surface area contributed by atoms with Gasteiger partial charge in [-0.15, -0.1) is 0 Å². The molecule has 3 fully saturated rings. The van der Waals surface area contributed by atoms with Crippen molar-refractivity contribution in [3.63, 3.8) is 0 Å². The summed E-state index contributed by atoms with van der Waals surface area (Å²) in [5.74, 6) is -2.83. The maximum Gasteiger partial charge on any atom is 0.339 e. The van der Waals surface area contributed by atoms with Gasteiger partial charge in [0.1, 0.15) is 18.3 Å². The van der Waals surface area contributed by atoms with Crippen LogP contribution < -0.4 is 5.32 Å². The molecule has 0 radical (unpaired) electrons. The van der Waals surface area contributed by atoms with Crippen LogP contribution in [0.4, 0.5) is 5.69 Å². The fraction of sp³-hybridized carbons (Fsp3) is 0.600. The van der Waals surface area contributed by atoms with Crippen molar-refractivity contribution in [2.45, 2.75) is 70.0 Å². The Bertz CT molecular complexity index is 822. The average Bonchev–Trinajstić information content (AvgIpc) is 3.14. The third kappa shape index (κ3) is 3.76. The Morgan fingerprint density at radius 1 is 0.931 bits per heavy atom. The van der Waals surface area contributed by atoms with Crippen LogP contribution in [-0.2, 0) is 33.2 Å². The maximum absolute atomic E-state index is 13.1. The standard InChI is InChI=1S/C20H25NO8/c1-19(2)26-12-13(27-19)15-18(29-20(3,4)28-15)25-14(12)16(22)21-11-9-7-6-8-10(11)17(23)24-5/h6-9,12-15,18H,1-5H3,(H,21,22)/t12-,13+,14-,15+,18-/m0/s1. The minimum atomic E-state index is -1.02. The number of ether oxygens (including phenoxy) is 6. The maximum atomic E-state index is 13.1. The number of amides is 1. The summed E-state index contributed by atoms with van der Waals surface area (Å²) in [5.41, 5.74) is 0.549. The lowest BCUT2D eigenvalue weighted by atomic mass is 9.98. The van der Waals surface area contributed by atoms with Crippen LogP contribution in [0, 0.1) is 0 Å². The predicted molar refractivity (Wildman–Crippen MR) is 98.9 cm³/mol. The van der Waals surface area contributed by atoms with Crippen LogP contribution in [0.5, 0.6) is 0 Å². The van der Waals surface area contributed by atoms with E-state index in [1.807, 2.05) is 0 Å². The van der Waals surface area contributed by atoms with E-state index in [0.29, 0.717) is 5.69 Å². The number of anilines is 1. The summed E-state index contributed by atoms with van der Waals surface area (Å²) in [6.07, 6.45) is -3.57. The first-order valence-corrected chi connectivity index (χ1v) is 9.45. The zero-order valence-corrected chi connectivity index (χ0v) is 17.0. The number of benzene rings is 1. The number of nitrogens with one attached hydrogen (secondary N) is 1. The molecule has 4 rings (SSSR count). The molecule has 1 amide bonds. The molecule has 0 spiro atoms. The fourth-order valence-electron chi connectivity index (χ4n) is 3.91. The first-order valence-electron chi connectivity index (χ1n) is 9.45. The highest BCUT2D eigenvalue weighted by Crippen LogP contribution is 2.44. The van der Waals surface area contributed by atoms with Crippen LogP contribution in [0.3, 0.4) is 0 Å². The number of methoxy groups -OCH3 is 1. The third-order valence-electron chi connectivity index (χ3n) is 5.00. The lowest BCUT2D eigenvalue weighted by Crippen LogP contribution is -2.58. The van der Waals surface area contributed by atoms with Crippen LogP contribution in [0.15, 0.2) is 24.3 Å². The van der Waals surface area contributed by atoms with Crippen molar-refractivity contribution >= 4 is 17.6 Å². The number of esters is 1. The predicted octanol–water partition coefficient (Wildman–Crippen LogP) is 1.81. The topological polar surface area (TPSA) is 102 Å². The van der Waals surface area contributed by atoms with Gasteiger partial charge in [-0.25, -0.2) is 4.79 Å². The van der Waals surface area contributed by atoms with Crippen LogP contribution >= 0.6 is 0 Å². The van der Waals surface area contributed by atoms with Crippen LogP contribution in [0.25, 0.3) is 0 Å². The molecule has 3 heterocycles. The quantitative estimate of drug-likeness (QED) is 0.757. The van der Waals surface area contributed by atoms with Gasteiger partial charge < -0.3 is 33.7 Å². The lowest BCUT2D eigenvalue weighted by Gasteiger charge is -2.36. The highest BCUT2D eigenvalue weighted by molar-refractivity contribution is 6.02. The second kappa shape index (κ2) is 7.03. The van der Waals surface area contributed by atoms with Crippen LogP contribution in [0.1, 0.15) is 38.1 Å². The summed E-state index contributed by atoms with van der Waals surface area (Å²) < 4.78 is 34.4. The third-order valence-corrected chi connectivity index (χ3v) is 5.00. The first kappa shape index (κ1) is 20.2. The molecule has 0 aliphatic carbocycles. The molecule has 0 aromatic heterocycles. The number of fused-ring (bicyclic) bond motifs is 3. The Balaban J connectivity index is 1.59. The summed E-state index contributed by atoms with van der Waals surface area (Å²) in [4.78, 5) is 25.1. The molecule has 3 saturated heterocycles. The first-order chi connectivity index (χ1) is 13.6. The number of rotatable bonds is 3. The van der Waals surface area contributed by atoms with Crippen molar-refractivity contribution < 1.29 is 38.0 Å². The largest absolute Gasteiger partial charge is 0.465 e. The van der Waals surface area contributed by atoms with Gasteiger partial charge in [0, 0.05) is 0 Å². The van der Waals surface area contributed by atoms with E-state index in [4.69, 9.17) is 28.4 Å². The van der Waals surface area contributed by atoms with E-state index in [2.05, 4.69) is 5.32 Å². The van der Waals surface area contributed by atoms with Gasteiger partial charge >= 0.3 is 5.97 Å². The Labute approximate surface area is 168 Å². The van der Waals surface area contributed by atoms with E-state index in [-0.39, 0.29) is 5.56 Å². The fourth-order valence-corrected chi connectivity index (χ4v) is 3.91. The zero-order chi connectivity index (χ0) is 21.0. The molecule has 1 aromatic carbocycles. The molecule has 29 heavy (non-hydrogen) atoms. The van der Waals surface area contributed by atoms with Crippen LogP contribution in [0.2, 0.25) is 0 Å². The Kier molecular flexibility index (Phi) is 4.91. The van der Waals surface area contributed by atoms with E-state index in [0.717, 1.165) is 0 Å². The van der Waals surface area contributed by atoms with Crippen LogP contribution in [-0.4, -0.2) is 61.3 Å². The number of carbonyl (C=O) groups is 2. The monoisotopic (exact) mass is 407 g/mol. The van der Waals surface area contributed by atoms with Crippen molar-refractivity contribution in [3.05, 3.63) is 29.8 Å². The molecule has 0 unspecified atom stereocenters. The van der Waals surface area contributed by atoms with Gasteiger partial charge in [-0.2, -0.15) is 0 Å². The number of carbonyl (C=O) groups excluding carboxylic acids is 2. The molecule has 1 N–H and O–H groups in total. The van der Waals surface area contributed by atoms with Crippen molar-refractivity contribution in [1.82, 2.24) is 0 Å². The number of para-hydroxylation sites is 1. The molecule has 0 bridgehead atoms. The van der Waals surface area contributed by atoms with Gasteiger partial charge in [0.2, 0.25) is 0 Å². The Morgan fingerprint density at radius 2 is 1.55 bits per heavy atom. The van der Waals surface area contributed by atoms with E-state index in [1.165, 1.54) is 7.11 Å². The number of hydrogen-bond donors (Lipinski definition) is 1. The minimum Gasteiger partial charge on any atom is -0.465 e. The second-order valence-corrected chi connectivity index (χ2v) is 8.12. The summed E-state index contributed by atoms with van der Waals surface area (Å²) in [5, 5.41) is 2.74. The summed E-state index contributed by atoms with van der Waals surface area (Å²) >= 11 is 0. The molecule has 9 heteroatoms. The summed E-state index contributed by atoms with van der Waals surface area (Å²) in [6, 6.07) is 6.57. The lowest BCUT2D eigenvalue weighted by molar-refractivity contribution is -0.229. The average molecular weight is 407 g/mol. The molecule has 158 valence electrons. The molecular formula is C20H25NO8. The van der Waals surface area contributed by atoms with Gasteiger partial charge in [0.05, 0.1) is 18.4 Å². The highest BCUT2D eigenvalue weighted by atomic mass is 16.9. The summed E-state index contributed by atoms with van der Waals surface area (Å²) in [7, 11) is 1.28. The minimum absolute atomic E-state index is 0.235. The SMILES string of the molecule is COC(=O)c1ccccc1NC(=O)[C@H]1O[C@H]2OC(C)(C)O[C@@H]2[C@@H]2OC(C)(C)O[C@@H]21. The Hall–Kier alpha value is -2.04. The molecule has 5 atom stereocenters. The van der Waals surface area contributed by atoms with Crippen molar-refractivity contribution in [2.75, 3.05) is 12.4 Å². The smallest absolute Gasteiger partial charge is 0.339 e. The summed E-state index contributed by atoms with van der Waals surface area (Å²) in [6.45, 7) is 7.07. The highest BCUT2D eigenvalue weighted by Gasteiger charge is 2.62. The van der Waals surface area contributed by atoms with Gasteiger partial charge in [0.15, 0.2) is 24.0 Å². The van der Waals surface area contributed by atoms with Gasteiger partial charge in [-0.1, -0.05) is 12.1 Å². The number of hydrogen-bond acceptors (Lipinski definition) is 8. The van der Waals surface area contributed by atoms with E-state index in [9.17, 15) is 9.59 Å². The van der Waals surface area contributed by atoms with E-state index in [1.54, 1.807) is 52.0 Å². The molecule has 3 aliphatic rings. The molecule has 1 aromatic rings. The zero-order valence-electron chi connectivity index (χ0n) is 17.0. The van der Waals surface area contributed by atoms with Gasteiger partial charge in [-0.05, 0) is 39.8 Å². The van der Waals surface area contributed by atoms with E-state index >= 15 is 0 Å². The normalized spacial score (nSPS) is 34.2. The Morgan fingerprint density at radius 3 is 2.28 bits per heavy atom. The van der Waals surface area contributed by atoms with Crippen molar-refractivity contribution in [2.24, 2.45) is 0 Å². The molecular weight excluding hydrogens is 382 g/mol. The molecule has 0 saturated carbocycles. The van der Waals surface area contributed by atoms with Gasteiger partial charge in [0.25, 0.3) is 5.91 Å². The second-order valence-electron chi connectivity index (χ2n) is 8.12.